The molecule has 1 unspecified atom stereocenters. The first-order chi connectivity index (χ1) is 9.63. The molecule has 0 N–H and O–H groups in total. The Morgan fingerprint density at radius 1 is 1.05 bits per heavy atom. The lowest BCUT2D eigenvalue weighted by atomic mass is 9.95. The van der Waals surface area contributed by atoms with Crippen molar-refractivity contribution in [3.05, 3.63) is 35.9 Å². The number of piperazine rings is 1. The number of amides is 2. The fourth-order valence-corrected chi connectivity index (χ4v) is 2.70. The molecule has 0 bridgehead atoms. The van der Waals surface area contributed by atoms with Crippen LogP contribution in [0.15, 0.2) is 30.3 Å². The molecule has 1 aromatic rings. The van der Waals surface area contributed by atoms with Gasteiger partial charge in [-0.15, -0.1) is 0 Å². The standard InChI is InChI=1S/C16H22N2O2/c1-3-15(14-7-5-4-6-8-14)16(20)18-11-9-17(10-12-18)13(2)19/h4-8,15H,3,9-12H2,1-2H3. The topological polar surface area (TPSA) is 40.6 Å². The SMILES string of the molecule is CCC(C(=O)N1CCN(C(C)=O)CC1)c1ccccc1. The highest BCUT2D eigenvalue weighted by molar-refractivity contribution is 5.84. The summed E-state index contributed by atoms with van der Waals surface area (Å²) in [7, 11) is 0. The molecule has 1 heterocycles. The van der Waals surface area contributed by atoms with Crippen LogP contribution >= 0.6 is 0 Å². The Kier molecular flexibility index (Phi) is 4.77. The van der Waals surface area contributed by atoms with E-state index >= 15 is 0 Å². The summed E-state index contributed by atoms with van der Waals surface area (Å²) in [6.07, 6.45) is 0.801. The van der Waals surface area contributed by atoms with E-state index in [9.17, 15) is 9.59 Å². The van der Waals surface area contributed by atoms with Gasteiger partial charge in [-0.2, -0.15) is 0 Å². The van der Waals surface area contributed by atoms with Gasteiger partial charge in [0.25, 0.3) is 0 Å². The molecule has 2 amide bonds. The summed E-state index contributed by atoms with van der Waals surface area (Å²) in [6, 6.07) is 9.93. The number of hydrogen-bond donors (Lipinski definition) is 0. The minimum absolute atomic E-state index is 0.0694. The van der Waals surface area contributed by atoms with Gasteiger partial charge in [-0.1, -0.05) is 37.3 Å². The van der Waals surface area contributed by atoms with Gasteiger partial charge in [0, 0.05) is 33.1 Å². The third-order valence-corrected chi connectivity index (χ3v) is 3.94. The highest BCUT2D eigenvalue weighted by Crippen LogP contribution is 2.22. The number of carbonyl (C=O) groups excluding carboxylic acids is 2. The van der Waals surface area contributed by atoms with E-state index in [0.29, 0.717) is 26.2 Å². The van der Waals surface area contributed by atoms with Gasteiger partial charge in [0.15, 0.2) is 0 Å². The van der Waals surface area contributed by atoms with Crippen LogP contribution in [0, 0.1) is 0 Å². The van der Waals surface area contributed by atoms with E-state index in [1.165, 1.54) is 0 Å². The van der Waals surface area contributed by atoms with Gasteiger partial charge in [-0.3, -0.25) is 9.59 Å². The second-order valence-electron chi connectivity index (χ2n) is 5.20. The van der Waals surface area contributed by atoms with Gasteiger partial charge in [0.1, 0.15) is 0 Å². The lowest BCUT2D eigenvalue weighted by molar-refractivity contribution is -0.139. The first kappa shape index (κ1) is 14.6. The zero-order valence-corrected chi connectivity index (χ0v) is 12.2. The van der Waals surface area contributed by atoms with Crippen molar-refractivity contribution >= 4 is 11.8 Å². The fourth-order valence-electron chi connectivity index (χ4n) is 2.70. The maximum absolute atomic E-state index is 12.6. The summed E-state index contributed by atoms with van der Waals surface area (Å²) in [5.74, 6) is 0.203. The molecular formula is C16H22N2O2. The summed E-state index contributed by atoms with van der Waals surface area (Å²) in [4.78, 5) is 27.6. The first-order valence-electron chi connectivity index (χ1n) is 7.22. The molecule has 0 aromatic heterocycles. The zero-order valence-electron chi connectivity index (χ0n) is 12.2. The lowest BCUT2D eigenvalue weighted by Gasteiger charge is -2.36. The first-order valence-corrected chi connectivity index (χ1v) is 7.22. The van der Waals surface area contributed by atoms with Gasteiger partial charge >= 0.3 is 0 Å². The second kappa shape index (κ2) is 6.55. The van der Waals surface area contributed by atoms with Crippen molar-refractivity contribution in [2.75, 3.05) is 26.2 Å². The van der Waals surface area contributed by atoms with Crippen LogP contribution in [0.3, 0.4) is 0 Å². The van der Waals surface area contributed by atoms with E-state index < -0.39 is 0 Å². The molecule has 1 atom stereocenters. The molecule has 20 heavy (non-hydrogen) atoms. The minimum atomic E-state index is -0.0694. The van der Waals surface area contributed by atoms with Crippen molar-refractivity contribution in [3.63, 3.8) is 0 Å². The highest BCUT2D eigenvalue weighted by atomic mass is 16.2. The molecule has 0 saturated carbocycles. The van der Waals surface area contributed by atoms with Crippen LogP contribution in [0.4, 0.5) is 0 Å². The van der Waals surface area contributed by atoms with E-state index in [0.717, 1.165) is 12.0 Å². The van der Waals surface area contributed by atoms with Crippen LogP contribution in [0.25, 0.3) is 0 Å². The monoisotopic (exact) mass is 274 g/mol. The maximum Gasteiger partial charge on any atom is 0.230 e. The Hall–Kier alpha value is -1.84. The molecule has 0 spiro atoms. The third kappa shape index (κ3) is 3.18. The van der Waals surface area contributed by atoms with Crippen molar-refractivity contribution in [1.82, 2.24) is 9.80 Å². The van der Waals surface area contributed by atoms with E-state index in [-0.39, 0.29) is 17.7 Å². The van der Waals surface area contributed by atoms with E-state index in [2.05, 4.69) is 0 Å². The van der Waals surface area contributed by atoms with Gasteiger partial charge in [0.05, 0.1) is 5.92 Å². The molecular weight excluding hydrogens is 252 g/mol. The Morgan fingerprint density at radius 2 is 1.60 bits per heavy atom. The predicted octanol–water partition coefficient (Wildman–Crippen LogP) is 1.87. The van der Waals surface area contributed by atoms with Crippen LogP contribution < -0.4 is 0 Å². The van der Waals surface area contributed by atoms with Crippen LogP contribution in [0.1, 0.15) is 31.7 Å². The quantitative estimate of drug-likeness (QED) is 0.844. The Balaban J connectivity index is 2.02. The lowest BCUT2D eigenvalue weighted by Crippen LogP contribution is -2.51. The second-order valence-corrected chi connectivity index (χ2v) is 5.20. The van der Waals surface area contributed by atoms with E-state index in [1.807, 2.05) is 42.2 Å². The van der Waals surface area contributed by atoms with Crippen molar-refractivity contribution in [2.24, 2.45) is 0 Å². The van der Waals surface area contributed by atoms with Gasteiger partial charge in [-0.05, 0) is 12.0 Å². The molecule has 1 aliphatic heterocycles. The van der Waals surface area contributed by atoms with E-state index in [1.54, 1.807) is 11.8 Å². The number of nitrogens with zero attached hydrogens (tertiary/aromatic N) is 2. The molecule has 108 valence electrons. The van der Waals surface area contributed by atoms with E-state index in [4.69, 9.17) is 0 Å². The zero-order chi connectivity index (χ0) is 14.5. The molecule has 0 aliphatic carbocycles. The number of hydrogen-bond acceptors (Lipinski definition) is 2. The molecule has 1 saturated heterocycles. The molecule has 0 radical (unpaired) electrons. The number of rotatable bonds is 3. The average Bonchev–Trinajstić information content (AvgIpc) is 2.49. The predicted molar refractivity (Wildman–Crippen MR) is 78.3 cm³/mol. The number of benzene rings is 1. The molecule has 1 fully saturated rings. The van der Waals surface area contributed by atoms with Gasteiger partial charge < -0.3 is 9.80 Å². The Bertz CT molecular complexity index is 465. The largest absolute Gasteiger partial charge is 0.339 e. The fraction of sp³-hybridized carbons (Fsp3) is 0.500. The maximum atomic E-state index is 12.6. The summed E-state index contributed by atoms with van der Waals surface area (Å²) in [5.41, 5.74) is 1.08. The summed E-state index contributed by atoms with van der Waals surface area (Å²) >= 11 is 0. The number of carbonyl (C=O) groups is 2. The normalized spacial score (nSPS) is 16.9. The molecule has 1 aliphatic rings. The summed E-state index contributed by atoms with van der Waals surface area (Å²) < 4.78 is 0. The van der Waals surface area contributed by atoms with Crippen molar-refractivity contribution < 1.29 is 9.59 Å². The van der Waals surface area contributed by atoms with Crippen LogP contribution in [-0.2, 0) is 9.59 Å². The van der Waals surface area contributed by atoms with Crippen molar-refractivity contribution in [2.45, 2.75) is 26.2 Å². The average molecular weight is 274 g/mol. The highest BCUT2D eigenvalue weighted by Gasteiger charge is 2.27. The molecule has 4 heteroatoms. The van der Waals surface area contributed by atoms with Crippen LogP contribution in [-0.4, -0.2) is 47.8 Å². The molecule has 2 rings (SSSR count). The van der Waals surface area contributed by atoms with Crippen LogP contribution in [0.5, 0.6) is 0 Å². The third-order valence-electron chi connectivity index (χ3n) is 3.94. The van der Waals surface area contributed by atoms with Gasteiger partial charge in [-0.25, -0.2) is 0 Å². The van der Waals surface area contributed by atoms with Crippen molar-refractivity contribution in [1.29, 1.82) is 0 Å². The molecule has 4 nitrogen and oxygen atoms in total. The van der Waals surface area contributed by atoms with Crippen LogP contribution in [0.2, 0.25) is 0 Å². The Labute approximate surface area is 120 Å². The minimum Gasteiger partial charge on any atom is -0.339 e. The van der Waals surface area contributed by atoms with Crippen molar-refractivity contribution in [3.8, 4) is 0 Å². The Morgan fingerprint density at radius 3 is 2.10 bits per heavy atom. The smallest absolute Gasteiger partial charge is 0.230 e. The molecule has 1 aromatic carbocycles. The van der Waals surface area contributed by atoms with Gasteiger partial charge in [0.2, 0.25) is 11.8 Å². The summed E-state index contributed by atoms with van der Waals surface area (Å²) in [5, 5.41) is 0. The summed E-state index contributed by atoms with van der Waals surface area (Å²) in [6.45, 7) is 6.19.